The molecule has 0 saturated carbocycles. The summed E-state index contributed by atoms with van der Waals surface area (Å²) in [5.41, 5.74) is 2.74. The second-order valence-electron chi connectivity index (χ2n) is 9.01. The molecule has 6 heteroatoms. The van der Waals surface area contributed by atoms with Gasteiger partial charge in [-0.15, -0.1) is 0 Å². The molecule has 0 atom stereocenters. The number of nitriles is 1. The SMILES string of the molecule is CC(=O)Nc1ccc(NC(=O)/C(C#N)=C/c2c(OCc3cccc4ccccc34)ccc3ccccc23)cc1. The first-order valence-corrected chi connectivity index (χ1v) is 12.4. The molecule has 0 unspecified atom stereocenters. The number of ether oxygens (including phenoxy) is 1. The molecule has 0 aliphatic carbocycles. The Balaban J connectivity index is 1.46. The van der Waals surface area contributed by atoms with Gasteiger partial charge in [0, 0.05) is 23.9 Å². The second-order valence-corrected chi connectivity index (χ2v) is 9.01. The van der Waals surface area contributed by atoms with E-state index in [1.807, 2.05) is 66.7 Å². The molecule has 2 amide bonds. The summed E-state index contributed by atoms with van der Waals surface area (Å²) in [7, 11) is 0. The van der Waals surface area contributed by atoms with Crippen LogP contribution >= 0.6 is 0 Å². The number of rotatable bonds is 7. The van der Waals surface area contributed by atoms with Gasteiger partial charge < -0.3 is 15.4 Å². The van der Waals surface area contributed by atoms with Crippen molar-refractivity contribution in [1.82, 2.24) is 0 Å². The van der Waals surface area contributed by atoms with Crippen molar-refractivity contribution < 1.29 is 14.3 Å². The molecule has 190 valence electrons. The quantitative estimate of drug-likeness (QED) is 0.180. The van der Waals surface area contributed by atoms with Crippen LogP contribution in [0, 0.1) is 11.3 Å². The smallest absolute Gasteiger partial charge is 0.266 e. The summed E-state index contributed by atoms with van der Waals surface area (Å²) in [5.74, 6) is -0.158. The molecular weight excluding hydrogens is 486 g/mol. The van der Waals surface area contributed by atoms with Crippen LogP contribution in [0.2, 0.25) is 0 Å². The van der Waals surface area contributed by atoms with Gasteiger partial charge in [0.15, 0.2) is 0 Å². The maximum atomic E-state index is 13.1. The van der Waals surface area contributed by atoms with Gasteiger partial charge in [-0.2, -0.15) is 5.26 Å². The predicted octanol–water partition coefficient (Wildman–Crippen LogP) is 7.08. The van der Waals surface area contributed by atoms with Crippen LogP contribution in [0.4, 0.5) is 11.4 Å². The van der Waals surface area contributed by atoms with Crippen LogP contribution in [-0.2, 0) is 16.2 Å². The minimum Gasteiger partial charge on any atom is -0.488 e. The molecule has 0 heterocycles. The fourth-order valence-corrected chi connectivity index (χ4v) is 4.46. The van der Waals surface area contributed by atoms with E-state index in [2.05, 4.69) is 28.8 Å². The van der Waals surface area contributed by atoms with E-state index >= 15 is 0 Å². The van der Waals surface area contributed by atoms with Gasteiger partial charge in [0.05, 0.1) is 0 Å². The van der Waals surface area contributed by atoms with E-state index in [-0.39, 0.29) is 11.5 Å². The summed E-state index contributed by atoms with van der Waals surface area (Å²) in [6.45, 7) is 1.75. The Bertz CT molecular complexity index is 1760. The maximum Gasteiger partial charge on any atom is 0.266 e. The minimum absolute atomic E-state index is 0.0627. The van der Waals surface area contributed by atoms with E-state index in [1.54, 1.807) is 30.3 Å². The topological polar surface area (TPSA) is 91.2 Å². The highest BCUT2D eigenvalue weighted by Gasteiger charge is 2.14. The molecule has 0 fully saturated rings. The Morgan fingerprint density at radius 1 is 0.769 bits per heavy atom. The number of nitrogens with one attached hydrogen (secondary N) is 2. The molecule has 5 rings (SSSR count). The highest BCUT2D eigenvalue weighted by molar-refractivity contribution is 6.11. The van der Waals surface area contributed by atoms with Crippen LogP contribution in [0.5, 0.6) is 5.75 Å². The van der Waals surface area contributed by atoms with Crippen LogP contribution in [0.25, 0.3) is 27.6 Å². The van der Waals surface area contributed by atoms with Gasteiger partial charge in [-0.05, 0) is 63.5 Å². The maximum absolute atomic E-state index is 13.1. The summed E-state index contributed by atoms with van der Waals surface area (Å²) < 4.78 is 6.31. The Kier molecular flexibility index (Phi) is 7.33. The Morgan fingerprint density at radius 3 is 2.08 bits per heavy atom. The molecule has 5 aromatic carbocycles. The van der Waals surface area contributed by atoms with Crippen LogP contribution < -0.4 is 15.4 Å². The molecule has 0 spiro atoms. The van der Waals surface area contributed by atoms with E-state index in [4.69, 9.17) is 4.74 Å². The van der Waals surface area contributed by atoms with Crippen molar-refractivity contribution in [3.63, 3.8) is 0 Å². The van der Waals surface area contributed by atoms with Crippen molar-refractivity contribution in [3.8, 4) is 11.8 Å². The zero-order chi connectivity index (χ0) is 27.2. The molecule has 0 aromatic heterocycles. The van der Waals surface area contributed by atoms with Crippen molar-refractivity contribution in [2.24, 2.45) is 0 Å². The summed E-state index contributed by atoms with van der Waals surface area (Å²) in [6, 6.07) is 34.6. The molecule has 0 aliphatic rings. The van der Waals surface area contributed by atoms with Crippen LogP contribution in [0.3, 0.4) is 0 Å². The lowest BCUT2D eigenvalue weighted by molar-refractivity contribution is -0.114. The number of amides is 2. The van der Waals surface area contributed by atoms with Gasteiger partial charge >= 0.3 is 0 Å². The standard InChI is InChI=1S/C33H25N3O3/c1-22(37)35-27-14-16-28(17-15-27)36-33(38)26(20-34)19-31-30-12-5-3-8-24(30)13-18-32(31)39-21-25-10-6-9-23-7-2-4-11-29(23)25/h2-19H,21H2,1H3,(H,35,37)(H,36,38)/b26-19+. The van der Waals surface area contributed by atoms with Crippen molar-refractivity contribution in [3.05, 3.63) is 120 Å². The molecule has 0 aliphatic heterocycles. The predicted molar refractivity (Wildman–Crippen MR) is 155 cm³/mol. The number of hydrogen-bond donors (Lipinski definition) is 2. The summed E-state index contributed by atoms with van der Waals surface area (Å²) in [4.78, 5) is 24.3. The van der Waals surface area contributed by atoms with Gasteiger partial charge in [-0.3, -0.25) is 9.59 Å². The molecular formula is C33H25N3O3. The summed E-state index contributed by atoms with van der Waals surface area (Å²) in [5, 5.41) is 19.4. The molecule has 2 N–H and O–H groups in total. The number of hydrogen-bond acceptors (Lipinski definition) is 4. The van der Waals surface area contributed by atoms with E-state index in [1.165, 1.54) is 6.92 Å². The normalized spacial score (nSPS) is 11.1. The molecule has 6 nitrogen and oxygen atoms in total. The molecule has 0 bridgehead atoms. The minimum atomic E-state index is -0.544. The zero-order valence-electron chi connectivity index (χ0n) is 21.3. The Hall–Kier alpha value is -5.41. The number of carbonyl (C=O) groups is 2. The molecule has 0 saturated heterocycles. The monoisotopic (exact) mass is 511 g/mol. The van der Waals surface area contributed by atoms with Crippen molar-refractivity contribution >= 4 is 50.8 Å². The fraction of sp³-hybridized carbons (Fsp3) is 0.0606. The molecule has 5 aromatic rings. The third-order valence-corrected chi connectivity index (χ3v) is 6.31. The van der Waals surface area contributed by atoms with Gasteiger partial charge in [-0.1, -0.05) is 72.8 Å². The Labute approximate surface area is 226 Å². The summed E-state index contributed by atoms with van der Waals surface area (Å²) in [6.07, 6.45) is 1.57. The Morgan fingerprint density at radius 2 is 1.38 bits per heavy atom. The lowest BCUT2D eigenvalue weighted by atomic mass is 10.0. The first-order valence-electron chi connectivity index (χ1n) is 12.4. The fourth-order valence-electron chi connectivity index (χ4n) is 4.46. The first kappa shape index (κ1) is 25.2. The summed E-state index contributed by atoms with van der Waals surface area (Å²) >= 11 is 0. The van der Waals surface area contributed by atoms with Gasteiger partial charge in [0.25, 0.3) is 5.91 Å². The molecule has 0 radical (unpaired) electrons. The number of carbonyl (C=O) groups excluding carboxylic acids is 2. The van der Waals surface area contributed by atoms with Crippen LogP contribution in [0.1, 0.15) is 18.1 Å². The van der Waals surface area contributed by atoms with Crippen LogP contribution in [0.15, 0.2) is 109 Å². The lowest BCUT2D eigenvalue weighted by Crippen LogP contribution is -2.13. The van der Waals surface area contributed by atoms with E-state index in [0.717, 1.165) is 27.1 Å². The van der Waals surface area contributed by atoms with Crippen LogP contribution in [-0.4, -0.2) is 11.8 Å². The third kappa shape index (κ3) is 5.79. The largest absolute Gasteiger partial charge is 0.488 e. The number of anilines is 2. The third-order valence-electron chi connectivity index (χ3n) is 6.31. The second kappa shape index (κ2) is 11.3. The van der Waals surface area contributed by atoms with E-state index in [9.17, 15) is 14.9 Å². The lowest BCUT2D eigenvalue weighted by Gasteiger charge is -2.14. The average Bonchev–Trinajstić information content (AvgIpc) is 2.95. The van der Waals surface area contributed by atoms with E-state index in [0.29, 0.717) is 29.3 Å². The van der Waals surface area contributed by atoms with Gasteiger partial charge in [0.1, 0.15) is 24.0 Å². The zero-order valence-corrected chi connectivity index (χ0v) is 21.3. The van der Waals surface area contributed by atoms with Gasteiger partial charge in [-0.25, -0.2) is 0 Å². The highest BCUT2D eigenvalue weighted by Crippen LogP contribution is 2.32. The highest BCUT2D eigenvalue weighted by atomic mass is 16.5. The van der Waals surface area contributed by atoms with Crippen molar-refractivity contribution in [1.29, 1.82) is 5.26 Å². The number of fused-ring (bicyclic) bond motifs is 2. The van der Waals surface area contributed by atoms with Crippen molar-refractivity contribution in [2.75, 3.05) is 10.6 Å². The van der Waals surface area contributed by atoms with Gasteiger partial charge in [0.2, 0.25) is 5.91 Å². The average molecular weight is 512 g/mol. The number of benzene rings is 5. The van der Waals surface area contributed by atoms with E-state index < -0.39 is 5.91 Å². The first-order chi connectivity index (χ1) is 19.0. The molecule has 39 heavy (non-hydrogen) atoms. The van der Waals surface area contributed by atoms with Crippen molar-refractivity contribution in [2.45, 2.75) is 13.5 Å². The number of nitrogens with zero attached hydrogens (tertiary/aromatic N) is 1.